The van der Waals surface area contributed by atoms with E-state index in [2.05, 4.69) is 15.2 Å². The fourth-order valence-corrected chi connectivity index (χ4v) is 3.14. The zero-order valence-electron chi connectivity index (χ0n) is 12.5. The van der Waals surface area contributed by atoms with Gasteiger partial charge in [0.25, 0.3) is 0 Å². The number of piperidine rings is 1. The number of likely N-dealkylation sites (tertiary alicyclic amines) is 1. The average molecular weight is 312 g/mol. The van der Waals surface area contributed by atoms with Crippen LogP contribution >= 0.6 is 11.3 Å². The van der Waals surface area contributed by atoms with Gasteiger partial charge in [0.1, 0.15) is 0 Å². The van der Waals surface area contributed by atoms with Crippen molar-refractivity contribution in [2.45, 2.75) is 19.4 Å². The van der Waals surface area contributed by atoms with Gasteiger partial charge in [-0.3, -0.25) is 0 Å². The topological polar surface area (TPSA) is 68.7 Å². The van der Waals surface area contributed by atoms with Crippen molar-refractivity contribution in [3.63, 3.8) is 0 Å². The number of rotatable bonds is 6. The average Bonchev–Trinajstić information content (AvgIpc) is 3.00. The van der Waals surface area contributed by atoms with Gasteiger partial charge in [0.15, 0.2) is 0 Å². The van der Waals surface area contributed by atoms with Crippen LogP contribution in [0.1, 0.15) is 18.5 Å². The lowest BCUT2D eigenvalue weighted by atomic mass is 9.99. The third kappa shape index (κ3) is 5.26. The van der Waals surface area contributed by atoms with Gasteiger partial charge < -0.3 is 20.2 Å². The van der Waals surface area contributed by atoms with Crippen LogP contribution in [-0.2, 0) is 6.54 Å². The van der Waals surface area contributed by atoms with E-state index in [1.165, 1.54) is 11.3 Å². The number of hydrogen-bond donors (Lipinski definition) is 2. The smallest absolute Gasteiger partial charge is 0.317 e. The van der Waals surface area contributed by atoms with Crippen LogP contribution < -0.4 is 5.32 Å². The molecule has 0 radical (unpaired) electrons. The molecule has 0 bridgehead atoms. The number of amides is 2. The maximum Gasteiger partial charge on any atom is 0.317 e. The van der Waals surface area contributed by atoms with Crippen LogP contribution in [0.4, 0.5) is 4.79 Å². The Morgan fingerprint density at radius 1 is 1.67 bits per heavy atom. The molecule has 1 aromatic heterocycles. The minimum atomic E-state index is -0.0706. The Kier molecular flexibility index (Phi) is 6.41. The lowest BCUT2D eigenvalue weighted by Gasteiger charge is -2.31. The lowest BCUT2D eigenvalue weighted by Crippen LogP contribution is -2.44. The molecule has 2 N–H and O–H groups in total. The summed E-state index contributed by atoms with van der Waals surface area (Å²) < 4.78 is 0. The highest BCUT2D eigenvalue weighted by atomic mass is 32.1. The molecule has 2 rings (SSSR count). The number of thiazole rings is 1. The number of carbonyl (C=O) groups excluding carboxylic acids is 1. The van der Waals surface area contributed by atoms with E-state index in [-0.39, 0.29) is 12.6 Å². The summed E-state index contributed by atoms with van der Waals surface area (Å²) in [5, 5.41) is 14.1. The molecule has 0 aromatic carbocycles. The Morgan fingerprint density at radius 3 is 3.24 bits per heavy atom. The van der Waals surface area contributed by atoms with Crippen molar-refractivity contribution in [1.82, 2.24) is 20.1 Å². The van der Waals surface area contributed by atoms with E-state index in [1.807, 2.05) is 5.38 Å². The second kappa shape index (κ2) is 8.31. The van der Waals surface area contributed by atoms with E-state index in [1.54, 1.807) is 17.5 Å². The summed E-state index contributed by atoms with van der Waals surface area (Å²) in [4.78, 5) is 20.1. The summed E-state index contributed by atoms with van der Waals surface area (Å²) in [6.07, 6.45) is 2.23. The van der Waals surface area contributed by atoms with Gasteiger partial charge in [-0.1, -0.05) is 0 Å². The molecule has 6 nitrogen and oxygen atoms in total. The first-order chi connectivity index (χ1) is 10.2. The summed E-state index contributed by atoms with van der Waals surface area (Å²) in [5.41, 5.74) is 2.69. The molecule has 1 aliphatic heterocycles. The molecule has 0 aliphatic carbocycles. The third-order valence-corrected chi connectivity index (χ3v) is 4.43. The standard InChI is InChI=1S/C14H24N4O2S/c1-17(8-13-10-21-11-16-13)14(20)15-4-6-18-5-2-3-12(7-18)9-19/h10-12,19H,2-9H2,1H3,(H,15,20). The van der Waals surface area contributed by atoms with Gasteiger partial charge in [-0.25, -0.2) is 9.78 Å². The predicted octanol–water partition coefficient (Wildman–Crippen LogP) is 0.989. The first-order valence-corrected chi connectivity index (χ1v) is 8.32. The molecule has 118 valence electrons. The van der Waals surface area contributed by atoms with Gasteiger partial charge in [0.2, 0.25) is 0 Å². The van der Waals surface area contributed by atoms with E-state index in [0.717, 1.165) is 38.2 Å². The molecule has 1 fully saturated rings. The Hall–Kier alpha value is -1.18. The Labute approximate surface area is 129 Å². The van der Waals surface area contributed by atoms with Crippen LogP contribution in [0.5, 0.6) is 0 Å². The molecule has 0 saturated carbocycles. The van der Waals surface area contributed by atoms with Crippen molar-refractivity contribution < 1.29 is 9.90 Å². The van der Waals surface area contributed by atoms with Crippen molar-refractivity contribution in [3.05, 3.63) is 16.6 Å². The van der Waals surface area contributed by atoms with Crippen molar-refractivity contribution >= 4 is 17.4 Å². The summed E-state index contributed by atoms with van der Waals surface area (Å²) >= 11 is 1.54. The van der Waals surface area contributed by atoms with Crippen molar-refractivity contribution in [3.8, 4) is 0 Å². The number of nitrogens with zero attached hydrogens (tertiary/aromatic N) is 3. The van der Waals surface area contributed by atoms with Crippen molar-refractivity contribution in [2.75, 3.05) is 39.8 Å². The van der Waals surface area contributed by atoms with E-state index in [4.69, 9.17) is 0 Å². The largest absolute Gasteiger partial charge is 0.396 e. The van der Waals surface area contributed by atoms with Crippen LogP contribution in [0, 0.1) is 5.92 Å². The molecule has 2 heterocycles. The van der Waals surface area contributed by atoms with Gasteiger partial charge in [-0.05, 0) is 25.3 Å². The first-order valence-electron chi connectivity index (χ1n) is 7.38. The first kappa shape index (κ1) is 16.2. The van der Waals surface area contributed by atoms with Gasteiger partial charge in [0.05, 0.1) is 17.7 Å². The van der Waals surface area contributed by atoms with Gasteiger partial charge >= 0.3 is 6.03 Å². The number of carbonyl (C=O) groups is 1. The highest BCUT2D eigenvalue weighted by molar-refractivity contribution is 7.07. The highest BCUT2D eigenvalue weighted by Crippen LogP contribution is 2.14. The molecule has 2 amide bonds. The molecular weight excluding hydrogens is 288 g/mol. The van der Waals surface area contributed by atoms with E-state index in [9.17, 15) is 9.90 Å². The molecule has 0 spiro atoms. The Bertz CT molecular complexity index is 427. The number of nitrogens with one attached hydrogen (secondary N) is 1. The number of hydrogen-bond acceptors (Lipinski definition) is 5. The van der Waals surface area contributed by atoms with Gasteiger partial charge in [-0.2, -0.15) is 0 Å². The SMILES string of the molecule is CN(Cc1cscn1)C(=O)NCCN1CCCC(CO)C1. The zero-order chi connectivity index (χ0) is 15.1. The molecule has 1 unspecified atom stereocenters. The van der Waals surface area contributed by atoms with E-state index in [0.29, 0.717) is 19.0 Å². The Balaban J connectivity index is 1.64. The number of aliphatic hydroxyl groups is 1. The number of aromatic nitrogens is 1. The summed E-state index contributed by atoms with van der Waals surface area (Å²) in [5.74, 6) is 0.391. The van der Waals surface area contributed by atoms with E-state index >= 15 is 0 Å². The lowest BCUT2D eigenvalue weighted by molar-refractivity contribution is 0.121. The van der Waals surface area contributed by atoms with Crippen LogP contribution in [0.25, 0.3) is 0 Å². The maximum absolute atomic E-state index is 12.0. The molecule has 1 aliphatic rings. The maximum atomic E-state index is 12.0. The fourth-order valence-electron chi connectivity index (χ4n) is 2.59. The number of urea groups is 1. The second-order valence-corrected chi connectivity index (χ2v) is 6.28. The summed E-state index contributed by atoms with van der Waals surface area (Å²) in [7, 11) is 1.78. The van der Waals surface area contributed by atoms with Crippen molar-refractivity contribution in [1.29, 1.82) is 0 Å². The second-order valence-electron chi connectivity index (χ2n) is 5.56. The van der Waals surface area contributed by atoms with Crippen molar-refractivity contribution in [2.24, 2.45) is 5.92 Å². The number of aliphatic hydroxyl groups excluding tert-OH is 1. The molecule has 1 saturated heterocycles. The minimum Gasteiger partial charge on any atom is -0.396 e. The van der Waals surface area contributed by atoms with Crippen LogP contribution in [-0.4, -0.2) is 65.8 Å². The van der Waals surface area contributed by atoms with E-state index < -0.39 is 0 Å². The Morgan fingerprint density at radius 2 is 2.52 bits per heavy atom. The summed E-state index contributed by atoms with van der Waals surface area (Å²) in [6, 6.07) is -0.0706. The van der Waals surface area contributed by atoms with Crippen LogP contribution in [0.2, 0.25) is 0 Å². The van der Waals surface area contributed by atoms with Crippen LogP contribution in [0.3, 0.4) is 0 Å². The highest BCUT2D eigenvalue weighted by Gasteiger charge is 2.19. The monoisotopic (exact) mass is 312 g/mol. The minimum absolute atomic E-state index is 0.0706. The molecule has 21 heavy (non-hydrogen) atoms. The fraction of sp³-hybridized carbons (Fsp3) is 0.714. The quantitative estimate of drug-likeness (QED) is 0.822. The third-order valence-electron chi connectivity index (χ3n) is 3.79. The molecule has 7 heteroatoms. The zero-order valence-corrected chi connectivity index (χ0v) is 13.3. The summed E-state index contributed by atoms with van der Waals surface area (Å²) in [6.45, 7) is 4.26. The molecule has 1 atom stereocenters. The van der Waals surface area contributed by atoms with Crippen LogP contribution in [0.15, 0.2) is 10.9 Å². The molecule has 1 aromatic rings. The normalized spacial score (nSPS) is 19.4. The predicted molar refractivity (Wildman–Crippen MR) is 83.2 cm³/mol. The van der Waals surface area contributed by atoms with Gasteiger partial charge in [0, 0.05) is 38.7 Å². The molecular formula is C14H24N4O2S. The van der Waals surface area contributed by atoms with Gasteiger partial charge in [-0.15, -0.1) is 11.3 Å².